The molecule has 1 aromatic heterocycles. The monoisotopic (exact) mass is 347 g/mol. The average Bonchev–Trinajstić information content (AvgIpc) is 3.13. The minimum atomic E-state index is -3.64. The highest BCUT2D eigenvalue weighted by molar-refractivity contribution is 7.91. The summed E-state index contributed by atoms with van der Waals surface area (Å²) in [7, 11) is -1.75. The maximum atomic E-state index is 12.1. The van der Waals surface area contributed by atoms with Gasteiger partial charge in [0.1, 0.15) is 4.21 Å². The minimum absolute atomic E-state index is 0.108. The fraction of sp³-hybridized carbons (Fsp3) is 0.615. The van der Waals surface area contributed by atoms with Crippen LogP contribution in [0.1, 0.15) is 6.92 Å². The smallest absolute Gasteiger partial charge is 0.250 e. The van der Waals surface area contributed by atoms with Gasteiger partial charge in [0.2, 0.25) is 5.91 Å². The Morgan fingerprint density at radius 2 is 2.27 bits per heavy atom. The quantitative estimate of drug-likeness (QED) is 0.727. The molecule has 0 aliphatic carbocycles. The van der Waals surface area contributed by atoms with Crippen molar-refractivity contribution < 1.29 is 18.3 Å². The molecule has 2 heterocycles. The van der Waals surface area contributed by atoms with Crippen molar-refractivity contribution in [2.24, 2.45) is 0 Å². The molecule has 0 saturated carbocycles. The van der Waals surface area contributed by atoms with Crippen LogP contribution in [0.5, 0.6) is 0 Å². The third-order valence-corrected chi connectivity index (χ3v) is 6.65. The molecule has 9 heteroatoms. The summed E-state index contributed by atoms with van der Waals surface area (Å²) in [6.07, 6.45) is -0.609. The Kier molecular flexibility index (Phi) is 5.56. The lowest BCUT2D eigenvalue weighted by molar-refractivity contribution is -0.129. The molecule has 1 fully saturated rings. The Hall–Kier alpha value is -1.00. The predicted octanol–water partition coefficient (Wildman–Crippen LogP) is -0.450. The second-order valence-corrected chi connectivity index (χ2v) is 8.20. The standard InChI is InChI=1S/C13H21N3O4S2/c1-3-15(2)10-8-16(9-11(10)17)12(18)7-14-22(19,20)13-5-4-6-21-13/h4-6,10-11,14,17H,3,7-9H2,1-2H3/t10-,11-/m0/s1. The van der Waals surface area contributed by atoms with E-state index < -0.39 is 16.1 Å². The lowest BCUT2D eigenvalue weighted by Gasteiger charge is -2.24. The van der Waals surface area contributed by atoms with Crippen molar-refractivity contribution in [3.63, 3.8) is 0 Å². The van der Waals surface area contributed by atoms with E-state index >= 15 is 0 Å². The van der Waals surface area contributed by atoms with Gasteiger partial charge in [0.15, 0.2) is 0 Å². The lowest BCUT2D eigenvalue weighted by Crippen LogP contribution is -2.42. The van der Waals surface area contributed by atoms with Crippen molar-refractivity contribution in [1.29, 1.82) is 0 Å². The van der Waals surface area contributed by atoms with Crippen LogP contribution < -0.4 is 4.72 Å². The fourth-order valence-corrected chi connectivity index (χ4v) is 4.41. The molecule has 124 valence electrons. The third kappa shape index (κ3) is 3.85. The van der Waals surface area contributed by atoms with Crippen LogP contribution in [-0.2, 0) is 14.8 Å². The van der Waals surface area contributed by atoms with Crippen LogP contribution in [0.2, 0.25) is 0 Å². The molecule has 0 radical (unpaired) electrons. The first-order chi connectivity index (χ1) is 10.3. The van der Waals surface area contributed by atoms with Gasteiger partial charge in [-0.05, 0) is 25.0 Å². The van der Waals surface area contributed by atoms with Crippen LogP contribution in [0.15, 0.2) is 21.7 Å². The van der Waals surface area contributed by atoms with Crippen molar-refractivity contribution in [2.45, 2.75) is 23.3 Å². The largest absolute Gasteiger partial charge is 0.390 e. The molecule has 22 heavy (non-hydrogen) atoms. The highest BCUT2D eigenvalue weighted by Gasteiger charge is 2.36. The number of carbonyl (C=O) groups is 1. The highest BCUT2D eigenvalue weighted by atomic mass is 32.2. The van der Waals surface area contributed by atoms with Crippen LogP contribution in [0.4, 0.5) is 0 Å². The molecule has 0 aromatic carbocycles. The number of aliphatic hydroxyl groups is 1. The van der Waals surface area contributed by atoms with E-state index in [4.69, 9.17) is 0 Å². The van der Waals surface area contributed by atoms with Gasteiger partial charge in [0.25, 0.3) is 10.0 Å². The number of likely N-dealkylation sites (tertiary alicyclic amines) is 1. The molecule has 2 N–H and O–H groups in total. The number of rotatable bonds is 6. The van der Waals surface area contributed by atoms with Gasteiger partial charge in [0.05, 0.1) is 18.7 Å². The van der Waals surface area contributed by atoms with Gasteiger partial charge >= 0.3 is 0 Å². The number of hydrogen-bond acceptors (Lipinski definition) is 6. The van der Waals surface area contributed by atoms with E-state index in [1.54, 1.807) is 11.4 Å². The highest BCUT2D eigenvalue weighted by Crippen LogP contribution is 2.17. The SMILES string of the molecule is CCN(C)[C@H]1CN(C(=O)CNS(=O)(=O)c2cccs2)C[C@@H]1O. The van der Waals surface area contributed by atoms with Crippen molar-refractivity contribution in [3.05, 3.63) is 17.5 Å². The van der Waals surface area contributed by atoms with Gasteiger partial charge in [0, 0.05) is 13.1 Å². The summed E-state index contributed by atoms with van der Waals surface area (Å²) < 4.78 is 26.4. The summed E-state index contributed by atoms with van der Waals surface area (Å²) in [6.45, 7) is 3.09. The number of aliphatic hydroxyl groups excluding tert-OH is 1. The van der Waals surface area contributed by atoms with Gasteiger partial charge in [-0.1, -0.05) is 13.0 Å². The van der Waals surface area contributed by atoms with Crippen LogP contribution in [-0.4, -0.2) is 74.6 Å². The molecule has 1 aromatic rings. The van der Waals surface area contributed by atoms with Crippen molar-refractivity contribution in [2.75, 3.05) is 33.2 Å². The Bertz CT molecular complexity index is 603. The molecular weight excluding hydrogens is 326 g/mol. The topological polar surface area (TPSA) is 90.0 Å². The number of thiophene rings is 1. The summed E-state index contributed by atoms with van der Waals surface area (Å²) in [6, 6.07) is 3.02. The van der Waals surface area contributed by atoms with E-state index in [0.717, 1.165) is 17.9 Å². The normalized spacial score (nSPS) is 22.5. The summed E-state index contributed by atoms with van der Waals surface area (Å²) >= 11 is 1.10. The number of sulfonamides is 1. The molecule has 1 aliphatic rings. The molecule has 1 aliphatic heterocycles. The summed E-state index contributed by atoms with van der Waals surface area (Å²) in [5, 5.41) is 11.7. The van der Waals surface area contributed by atoms with E-state index in [2.05, 4.69) is 4.72 Å². The predicted molar refractivity (Wildman–Crippen MR) is 84.2 cm³/mol. The van der Waals surface area contributed by atoms with E-state index in [1.807, 2.05) is 18.9 Å². The first kappa shape index (κ1) is 17.4. The second kappa shape index (κ2) is 7.05. The van der Waals surface area contributed by atoms with E-state index in [1.165, 1.54) is 11.0 Å². The minimum Gasteiger partial charge on any atom is -0.390 e. The van der Waals surface area contributed by atoms with Crippen molar-refractivity contribution in [1.82, 2.24) is 14.5 Å². The van der Waals surface area contributed by atoms with Gasteiger partial charge in [-0.25, -0.2) is 13.1 Å². The number of amides is 1. The van der Waals surface area contributed by atoms with E-state index in [0.29, 0.717) is 6.54 Å². The Morgan fingerprint density at radius 3 is 2.86 bits per heavy atom. The van der Waals surface area contributed by atoms with Gasteiger partial charge in [-0.2, -0.15) is 0 Å². The Balaban J connectivity index is 1.91. The molecule has 1 amide bonds. The number of carbonyl (C=O) groups excluding carboxylic acids is 1. The van der Waals surface area contributed by atoms with Crippen LogP contribution >= 0.6 is 11.3 Å². The maximum Gasteiger partial charge on any atom is 0.250 e. The zero-order valence-corrected chi connectivity index (χ0v) is 14.2. The molecule has 7 nitrogen and oxygen atoms in total. The molecule has 0 unspecified atom stereocenters. The average molecular weight is 347 g/mol. The van der Waals surface area contributed by atoms with Gasteiger partial charge < -0.3 is 10.0 Å². The number of β-amino-alcohol motifs (C(OH)–C–C–N with tert-alkyl or cyclic N) is 1. The summed E-state index contributed by atoms with van der Waals surface area (Å²) in [5.74, 6) is -0.328. The van der Waals surface area contributed by atoms with E-state index in [-0.39, 0.29) is 29.2 Å². The zero-order chi connectivity index (χ0) is 16.3. The fourth-order valence-electron chi connectivity index (χ4n) is 2.40. The number of nitrogens with zero attached hydrogens (tertiary/aromatic N) is 2. The number of hydrogen-bond donors (Lipinski definition) is 2. The first-order valence-corrected chi connectivity index (χ1v) is 9.40. The summed E-state index contributed by atoms with van der Waals surface area (Å²) in [5.41, 5.74) is 0. The molecular formula is C13H21N3O4S2. The van der Waals surface area contributed by atoms with Crippen LogP contribution in [0, 0.1) is 0 Å². The molecule has 2 atom stereocenters. The van der Waals surface area contributed by atoms with Gasteiger partial charge in [-0.15, -0.1) is 11.3 Å². The lowest BCUT2D eigenvalue weighted by atomic mass is 10.2. The molecule has 0 spiro atoms. The Labute approximate surface area is 134 Å². The molecule has 0 bridgehead atoms. The number of nitrogens with one attached hydrogen (secondary N) is 1. The van der Waals surface area contributed by atoms with E-state index in [9.17, 15) is 18.3 Å². The second-order valence-electron chi connectivity index (χ2n) is 5.26. The van der Waals surface area contributed by atoms with Crippen molar-refractivity contribution >= 4 is 27.3 Å². The van der Waals surface area contributed by atoms with Crippen LogP contribution in [0.25, 0.3) is 0 Å². The maximum absolute atomic E-state index is 12.1. The molecule has 2 rings (SSSR count). The zero-order valence-electron chi connectivity index (χ0n) is 12.6. The molecule has 1 saturated heterocycles. The van der Waals surface area contributed by atoms with Crippen molar-refractivity contribution in [3.8, 4) is 0 Å². The first-order valence-electron chi connectivity index (χ1n) is 7.04. The Morgan fingerprint density at radius 1 is 1.55 bits per heavy atom. The van der Waals surface area contributed by atoms with Gasteiger partial charge in [-0.3, -0.25) is 9.69 Å². The third-order valence-electron chi connectivity index (χ3n) is 3.85. The number of likely N-dealkylation sites (N-methyl/N-ethyl adjacent to an activating group) is 1. The van der Waals surface area contributed by atoms with Crippen LogP contribution in [0.3, 0.4) is 0 Å². The summed E-state index contributed by atoms with van der Waals surface area (Å²) in [4.78, 5) is 15.6.